The minimum absolute atomic E-state index is 0.104. The molecule has 0 spiro atoms. The Morgan fingerprint density at radius 3 is 2.79 bits per heavy atom. The van der Waals surface area contributed by atoms with E-state index in [0.717, 1.165) is 5.56 Å². The van der Waals surface area contributed by atoms with Crippen molar-refractivity contribution in [2.24, 2.45) is 0 Å². The Bertz CT molecular complexity index is 606. The molecule has 0 bridgehead atoms. The average Bonchev–Trinajstić information content (AvgIpc) is 2.86. The maximum Gasteiger partial charge on any atom is 0.221 e. The number of aromatic nitrogens is 2. The van der Waals surface area contributed by atoms with E-state index in [1.54, 1.807) is 35.2 Å². The monoisotopic (exact) mass is 252 g/mol. The number of hydrogen-bond acceptors (Lipinski definition) is 2. The van der Waals surface area contributed by atoms with Crippen LogP contribution in [0.4, 0.5) is 0 Å². The fourth-order valence-electron chi connectivity index (χ4n) is 1.74. The molecule has 96 valence electrons. The van der Waals surface area contributed by atoms with Gasteiger partial charge in [-0.15, -0.1) is 6.58 Å². The maximum atomic E-state index is 12.0. The molecule has 0 unspecified atom stereocenters. The molecule has 0 aliphatic carbocycles. The van der Waals surface area contributed by atoms with Gasteiger partial charge in [-0.3, -0.25) is 4.79 Å². The lowest BCUT2D eigenvalue weighted by atomic mass is 10.1. The van der Waals surface area contributed by atoms with Gasteiger partial charge in [-0.1, -0.05) is 42.0 Å². The quantitative estimate of drug-likeness (QED) is 0.465. The Labute approximate surface area is 112 Å². The Morgan fingerprint density at radius 1 is 1.37 bits per heavy atom. The minimum atomic E-state index is -0.104. The molecule has 0 aliphatic heterocycles. The number of rotatable bonds is 5. The molecule has 1 aromatic heterocycles. The van der Waals surface area contributed by atoms with Gasteiger partial charge in [-0.2, -0.15) is 0 Å². The second-order valence-corrected chi connectivity index (χ2v) is 4.30. The summed E-state index contributed by atoms with van der Waals surface area (Å²) in [7, 11) is 0. The van der Waals surface area contributed by atoms with Crippen molar-refractivity contribution >= 4 is 11.9 Å². The van der Waals surface area contributed by atoms with Crippen LogP contribution in [0, 0.1) is 6.92 Å². The number of hydrogen-bond donors (Lipinski definition) is 0. The molecule has 2 rings (SSSR count). The van der Waals surface area contributed by atoms with Crippen LogP contribution in [0.15, 0.2) is 55.4 Å². The Kier molecular flexibility index (Phi) is 4.08. The smallest absolute Gasteiger partial charge is 0.221 e. The number of aryl methyl sites for hydroxylation is 1. The SMILES string of the molecule is C=CCn1ccnc1C(=O)/C=C/c1ccc(C)cc1. The summed E-state index contributed by atoms with van der Waals surface area (Å²) >= 11 is 0. The highest BCUT2D eigenvalue weighted by Gasteiger charge is 2.08. The van der Waals surface area contributed by atoms with Gasteiger partial charge < -0.3 is 4.57 Å². The van der Waals surface area contributed by atoms with E-state index in [1.165, 1.54) is 5.56 Å². The van der Waals surface area contributed by atoms with Crippen LogP contribution in [0.2, 0.25) is 0 Å². The molecule has 0 N–H and O–H groups in total. The van der Waals surface area contributed by atoms with E-state index in [4.69, 9.17) is 0 Å². The first-order valence-corrected chi connectivity index (χ1v) is 6.12. The molecule has 3 heteroatoms. The fourth-order valence-corrected chi connectivity index (χ4v) is 1.74. The molecule has 0 atom stereocenters. The molecule has 0 aliphatic rings. The van der Waals surface area contributed by atoms with Gasteiger partial charge in [0, 0.05) is 18.9 Å². The van der Waals surface area contributed by atoms with Gasteiger partial charge in [0.15, 0.2) is 5.82 Å². The van der Waals surface area contributed by atoms with Gasteiger partial charge in [0.25, 0.3) is 0 Å². The van der Waals surface area contributed by atoms with Crippen LogP contribution in [0.25, 0.3) is 6.08 Å². The number of benzene rings is 1. The predicted molar refractivity (Wildman–Crippen MR) is 77.0 cm³/mol. The lowest BCUT2D eigenvalue weighted by molar-refractivity contribution is 0.103. The van der Waals surface area contributed by atoms with E-state index in [9.17, 15) is 4.79 Å². The molecule has 3 nitrogen and oxygen atoms in total. The second-order valence-electron chi connectivity index (χ2n) is 4.30. The fraction of sp³-hybridized carbons (Fsp3) is 0.125. The average molecular weight is 252 g/mol. The van der Waals surface area contributed by atoms with Crippen LogP contribution in [0.3, 0.4) is 0 Å². The number of nitrogens with zero attached hydrogens (tertiary/aromatic N) is 2. The summed E-state index contributed by atoms with van der Waals surface area (Å²) in [5, 5.41) is 0. The first-order valence-electron chi connectivity index (χ1n) is 6.12. The van der Waals surface area contributed by atoms with Gasteiger partial charge in [0.1, 0.15) is 0 Å². The summed E-state index contributed by atoms with van der Waals surface area (Å²) in [5.41, 5.74) is 2.20. The van der Waals surface area contributed by atoms with Crippen LogP contribution < -0.4 is 0 Å². The molecular weight excluding hydrogens is 236 g/mol. The molecular formula is C16H16N2O. The van der Waals surface area contributed by atoms with Crippen molar-refractivity contribution in [2.45, 2.75) is 13.5 Å². The van der Waals surface area contributed by atoms with Gasteiger partial charge in [0.05, 0.1) is 0 Å². The third-order valence-electron chi connectivity index (χ3n) is 2.77. The number of imidazole rings is 1. The Hall–Kier alpha value is -2.42. The van der Waals surface area contributed by atoms with Crippen molar-refractivity contribution in [3.05, 3.63) is 72.3 Å². The maximum absolute atomic E-state index is 12.0. The molecule has 2 aromatic rings. The zero-order valence-electron chi connectivity index (χ0n) is 10.9. The van der Waals surface area contributed by atoms with Crippen LogP contribution >= 0.6 is 0 Å². The Balaban J connectivity index is 2.14. The summed E-state index contributed by atoms with van der Waals surface area (Å²) in [6.07, 6.45) is 8.48. The van der Waals surface area contributed by atoms with E-state index >= 15 is 0 Å². The van der Waals surface area contributed by atoms with Gasteiger partial charge in [0.2, 0.25) is 5.78 Å². The summed E-state index contributed by atoms with van der Waals surface area (Å²) < 4.78 is 1.77. The Morgan fingerprint density at radius 2 is 2.11 bits per heavy atom. The van der Waals surface area contributed by atoms with Crippen molar-refractivity contribution in [3.8, 4) is 0 Å². The normalized spacial score (nSPS) is 10.8. The van der Waals surface area contributed by atoms with Crippen molar-refractivity contribution in [1.82, 2.24) is 9.55 Å². The highest BCUT2D eigenvalue weighted by atomic mass is 16.1. The molecule has 19 heavy (non-hydrogen) atoms. The zero-order chi connectivity index (χ0) is 13.7. The first-order chi connectivity index (χ1) is 9.20. The number of allylic oxidation sites excluding steroid dienone is 2. The number of ketones is 1. The second kappa shape index (κ2) is 5.96. The molecule has 0 saturated carbocycles. The van der Waals surface area contributed by atoms with Crippen molar-refractivity contribution in [1.29, 1.82) is 0 Å². The number of carbonyl (C=O) groups is 1. The van der Waals surface area contributed by atoms with Crippen LogP contribution in [0.1, 0.15) is 21.7 Å². The molecule has 1 heterocycles. The highest BCUT2D eigenvalue weighted by Crippen LogP contribution is 2.07. The van der Waals surface area contributed by atoms with Crippen molar-refractivity contribution in [2.75, 3.05) is 0 Å². The van der Waals surface area contributed by atoms with Gasteiger partial charge >= 0.3 is 0 Å². The molecule has 1 aromatic carbocycles. The van der Waals surface area contributed by atoms with Gasteiger partial charge in [-0.25, -0.2) is 4.98 Å². The third kappa shape index (κ3) is 3.28. The van der Waals surface area contributed by atoms with Gasteiger partial charge in [-0.05, 0) is 18.6 Å². The molecule has 0 saturated heterocycles. The minimum Gasteiger partial charge on any atom is -0.324 e. The van der Waals surface area contributed by atoms with E-state index in [1.807, 2.05) is 31.2 Å². The molecule has 0 amide bonds. The van der Waals surface area contributed by atoms with Crippen LogP contribution in [-0.2, 0) is 6.54 Å². The summed E-state index contributed by atoms with van der Waals surface area (Å²) in [5.74, 6) is 0.329. The van der Waals surface area contributed by atoms with Crippen LogP contribution in [0.5, 0.6) is 0 Å². The number of carbonyl (C=O) groups excluding carboxylic acids is 1. The van der Waals surface area contributed by atoms with E-state index < -0.39 is 0 Å². The van der Waals surface area contributed by atoms with Crippen LogP contribution in [-0.4, -0.2) is 15.3 Å². The van der Waals surface area contributed by atoms with E-state index in [0.29, 0.717) is 12.4 Å². The largest absolute Gasteiger partial charge is 0.324 e. The van der Waals surface area contributed by atoms with Crippen molar-refractivity contribution in [3.63, 3.8) is 0 Å². The first kappa shape index (κ1) is 13.0. The topological polar surface area (TPSA) is 34.9 Å². The van der Waals surface area contributed by atoms with E-state index in [-0.39, 0.29) is 5.78 Å². The van der Waals surface area contributed by atoms with Crippen molar-refractivity contribution < 1.29 is 4.79 Å². The third-order valence-corrected chi connectivity index (χ3v) is 2.77. The molecule has 0 fully saturated rings. The summed E-state index contributed by atoms with van der Waals surface area (Å²) in [4.78, 5) is 16.1. The zero-order valence-corrected chi connectivity index (χ0v) is 10.9. The standard InChI is InChI=1S/C16H16N2O/c1-3-11-18-12-10-17-16(18)15(19)9-8-14-6-4-13(2)5-7-14/h3-10,12H,1,11H2,2H3/b9-8+. The predicted octanol–water partition coefficient (Wildman–Crippen LogP) is 3.27. The summed E-state index contributed by atoms with van der Waals surface area (Å²) in [6.45, 7) is 6.28. The highest BCUT2D eigenvalue weighted by molar-refractivity contribution is 6.04. The lowest BCUT2D eigenvalue weighted by Crippen LogP contribution is -2.07. The lowest BCUT2D eigenvalue weighted by Gasteiger charge is -2.00. The summed E-state index contributed by atoms with van der Waals surface area (Å²) in [6, 6.07) is 8.00. The molecule has 0 radical (unpaired) electrons. The van der Waals surface area contributed by atoms with E-state index in [2.05, 4.69) is 11.6 Å².